The second-order valence-corrected chi connectivity index (χ2v) is 3.62. The summed E-state index contributed by atoms with van der Waals surface area (Å²) in [5.74, 6) is 0.953. The van der Waals surface area contributed by atoms with Gasteiger partial charge >= 0.3 is 0 Å². The topological polar surface area (TPSA) is 51.8 Å². The van der Waals surface area contributed by atoms with Gasteiger partial charge in [0.05, 0.1) is 0 Å². The van der Waals surface area contributed by atoms with E-state index < -0.39 is 0 Å². The Morgan fingerprint density at radius 1 is 1.29 bits per heavy atom. The van der Waals surface area contributed by atoms with Gasteiger partial charge in [-0.2, -0.15) is 0 Å². The Morgan fingerprint density at radius 2 is 1.93 bits per heavy atom. The zero-order chi connectivity index (χ0) is 10.4. The summed E-state index contributed by atoms with van der Waals surface area (Å²) in [7, 11) is 0. The summed E-state index contributed by atoms with van der Waals surface area (Å²) in [6, 6.07) is 0. The molecule has 0 amide bonds. The number of unbranched alkanes of at least 4 members (excludes halogenated alkanes) is 1. The van der Waals surface area contributed by atoms with Crippen molar-refractivity contribution in [3.8, 4) is 0 Å². The molecule has 2 N–H and O–H groups in total. The molecule has 1 unspecified atom stereocenters. The van der Waals surface area contributed by atoms with Crippen LogP contribution in [0, 0.1) is 0 Å². The first-order valence-electron chi connectivity index (χ1n) is 5.35. The summed E-state index contributed by atoms with van der Waals surface area (Å²) >= 11 is 0. The predicted octanol–water partition coefficient (Wildman–Crippen LogP) is 2.74. The van der Waals surface area contributed by atoms with Gasteiger partial charge in [-0.1, -0.05) is 26.7 Å². The van der Waals surface area contributed by atoms with Gasteiger partial charge in [-0.15, -0.1) is 0 Å². The van der Waals surface area contributed by atoms with E-state index in [0.29, 0.717) is 11.9 Å². The average Bonchev–Trinajstić information content (AvgIpc) is 2.21. The Kier molecular flexibility index (Phi) is 4.36. The second kappa shape index (κ2) is 5.58. The van der Waals surface area contributed by atoms with E-state index in [1.807, 2.05) is 12.4 Å². The first-order valence-corrected chi connectivity index (χ1v) is 5.35. The number of hydrogen-bond donors (Lipinski definition) is 1. The molecule has 0 aliphatic heterocycles. The smallest absolute Gasteiger partial charge is 0.219 e. The zero-order valence-electron chi connectivity index (χ0n) is 9.03. The van der Waals surface area contributed by atoms with Crippen molar-refractivity contribution in [3.63, 3.8) is 0 Å². The molecule has 0 spiro atoms. The van der Waals surface area contributed by atoms with Crippen LogP contribution in [0.25, 0.3) is 0 Å². The van der Waals surface area contributed by atoms with Gasteiger partial charge in [-0.3, -0.25) is 0 Å². The van der Waals surface area contributed by atoms with Crippen molar-refractivity contribution in [2.45, 2.75) is 45.4 Å². The Hall–Kier alpha value is -1.12. The molecule has 0 saturated heterocycles. The summed E-state index contributed by atoms with van der Waals surface area (Å²) in [5.41, 5.74) is 6.66. The van der Waals surface area contributed by atoms with Gasteiger partial charge < -0.3 is 5.73 Å². The van der Waals surface area contributed by atoms with Crippen LogP contribution in [-0.4, -0.2) is 9.97 Å². The lowest BCUT2D eigenvalue weighted by Gasteiger charge is -2.13. The molecular formula is C11H19N3. The van der Waals surface area contributed by atoms with E-state index in [-0.39, 0.29) is 0 Å². The highest BCUT2D eigenvalue weighted by Crippen LogP contribution is 2.24. The Bertz CT molecular complexity index is 256. The minimum absolute atomic E-state index is 0.360. The summed E-state index contributed by atoms with van der Waals surface area (Å²) < 4.78 is 0. The van der Waals surface area contributed by atoms with Crippen LogP contribution in [-0.2, 0) is 0 Å². The minimum atomic E-state index is 0.360. The molecule has 78 valence electrons. The molecule has 0 aromatic carbocycles. The van der Waals surface area contributed by atoms with Gasteiger partial charge in [0.1, 0.15) is 0 Å². The lowest BCUT2D eigenvalue weighted by molar-refractivity contribution is 0.566. The van der Waals surface area contributed by atoms with E-state index in [0.717, 1.165) is 6.42 Å². The lowest BCUT2D eigenvalue weighted by atomic mass is 9.93. The van der Waals surface area contributed by atoms with E-state index in [1.165, 1.54) is 24.8 Å². The van der Waals surface area contributed by atoms with Crippen LogP contribution in [0.4, 0.5) is 5.95 Å². The maximum atomic E-state index is 5.45. The molecular weight excluding hydrogens is 174 g/mol. The number of nitrogens with zero attached hydrogens (tertiary/aromatic N) is 2. The van der Waals surface area contributed by atoms with Crippen molar-refractivity contribution in [3.05, 3.63) is 18.0 Å². The molecule has 1 rings (SSSR count). The van der Waals surface area contributed by atoms with Gasteiger partial charge in [0.15, 0.2) is 0 Å². The number of aromatic nitrogens is 2. The molecule has 1 aromatic heterocycles. The molecule has 0 fully saturated rings. The third-order valence-corrected chi connectivity index (χ3v) is 2.56. The van der Waals surface area contributed by atoms with Crippen LogP contribution >= 0.6 is 0 Å². The van der Waals surface area contributed by atoms with E-state index in [9.17, 15) is 0 Å². The largest absolute Gasteiger partial charge is 0.368 e. The van der Waals surface area contributed by atoms with Crippen molar-refractivity contribution in [2.75, 3.05) is 5.73 Å². The van der Waals surface area contributed by atoms with Crippen LogP contribution in [0.5, 0.6) is 0 Å². The fourth-order valence-electron chi connectivity index (χ4n) is 1.62. The summed E-state index contributed by atoms with van der Waals surface area (Å²) in [5, 5.41) is 0. The predicted molar refractivity (Wildman–Crippen MR) is 59.0 cm³/mol. The van der Waals surface area contributed by atoms with Crippen LogP contribution in [0.3, 0.4) is 0 Å². The van der Waals surface area contributed by atoms with Crippen molar-refractivity contribution < 1.29 is 0 Å². The van der Waals surface area contributed by atoms with Crippen LogP contribution in [0.1, 0.15) is 51.0 Å². The quantitative estimate of drug-likeness (QED) is 0.782. The molecule has 1 atom stereocenters. The Morgan fingerprint density at radius 3 is 2.43 bits per heavy atom. The van der Waals surface area contributed by atoms with Gasteiger partial charge in [0, 0.05) is 12.4 Å². The van der Waals surface area contributed by atoms with Gasteiger partial charge in [0.2, 0.25) is 5.95 Å². The standard InChI is InChI=1S/C11H19N3/c1-3-5-6-9(4-2)10-7-13-11(12)14-8-10/h7-9H,3-6H2,1-2H3,(H2,12,13,14). The summed E-state index contributed by atoms with van der Waals surface area (Å²) in [4.78, 5) is 8.05. The van der Waals surface area contributed by atoms with E-state index >= 15 is 0 Å². The lowest BCUT2D eigenvalue weighted by Crippen LogP contribution is -2.01. The van der Waals surface area contributed by atoms with Gasteiger partial charge in [-0.05, 0) is 24.3 Å². The highest BCUT2D eigenvalue weighted by molar-refractivity contribution is 5.19. The van der Waals surface area contributed by atoms with E-state index in [1.54, 1.807) is 0 Å². The highest BCUT2D eigenvalue weighted by Gasteiger charge is 2.09. The number of nitrogen functional groups attached to an aromatic ring is 1. The summed E-state index contributed by atoms with van der Waals surface area (Å²) in [6.07, 6.45) is 8.58. The SMILES string of the molecule is CCCCC(CC)c1cnc(N)nc1. The molecule has 14 heavy (non-hydrogen) atoms. The fourth-order valence-corrected chi connectivity index (χ4v) is 1.62. The summed E-state index contributed by atoms with van der Waals surface area (Å²) in [6.45, 7) is 4.42. The van der Waals surface area contributed by atoms with Crippen molar-refractivity contribution in [1.82, 2.24) is 9.97 Å². The first-order chi connectivity index (χ1) is 6.77. The Labute approximate surface area is 85.8 Å². The number of rotatable bonds is 5. The molecule has 1 heterocycles. The number of hydrogen-bond acceptors (Lipinski definition) is 3. The normalized spacial score (nSPS) is 12.7. The molecule has 1 aromatic rings. The molecule has 0 aliphatic rings. The number of nitrogens with two attached hydrogens (primary N) is 1. The van der Waals surface area contributed by atoms with Gasteiger partial charge in [0.25, 0.3) is 0 Å². The van der Waals surface area contributed by atoms with E-state index in [2.05, 4.69) is 23.8 Å². The monoisotopic (exact) mass is 193 g/mol. The third-order valence-electron chi connectivity index (χ3n) is 2.56. The third kappa shape index (κ3) is 2.98. The molecule has 0 radical (unpaired) electrons. The molecule has 3 heteroatoms. The maximum Gasteiger partial charge on any atom is 0.219 e. The van der Waals surface area contributed by atoms with E-state index in [4.69, 9.17) is 5.73 Å². The van der Waals surface area contributed by atoms with Crippen molar-refractivity contribution >= 4 is 5.95 Å². The fraction of sp³-hybridized carbons (Fsp3) is 0.636. The zero-order valence-corrected chi connectivity index (χ0v) is 9.03. The minimum Gasteiger partial charge on any atom is -0.368 e. The van der Waals surface area contributed by atoms with Crippen molar-refractivity contribution in [1.29, 1.82) is 0 Å². The first kappa shape index (κ1) is 11.0. The molecule has 0 bridgehead atoms. The van der Waals surface area contributed by atoms with Crippen LogP contribution in [0.2, 0.25) is 0 Å². The molecule has 0 aliphatic carbocycles. The van der Waals surface area contributed by atoms with Crippen LogP contribution in [0.15, 0.2) is 12.4 Å². The van der Waals surface area contributed by atoms with Crippen LogP contribution < -0.4 is 5.73 Å². The van der Waals surface area contributed by atoms with Crippen molar-refractivity contribution in [2.24, 2.45) is 0 Å². The average molecular weight is 193 g/mol. The number of anilines is 1. The Balaban J connectivity index is 2.64. The second-order valence-electron chi connectivity index (χ2n) is 3.62. The van der Waals surface area contributed by atoms with Gasteiger partial charge in [-0.25, -0.2) is 9.97 Å². The highest BCUT2D eigenvalue weighted by atomic mass is 15.0. The molecule has 3 nitrogen and oxygen atoms in total. The molecule has 0 saturated carbocycles. The maximum absolute atomic E-state index is 5.45.